The molecule has 22 heavy (non-hydrogen) atoms. The van der Waals surface area contributed by atoms with Gasteiger partial charge in [-0.3, -0.25) is 0 Å². The van der Waals surface area contributed by atoms with E-state index in [1.807, 2.05) is 36.4 Å². The average molecular weight is 313 g/mol. The minimum Gasteiger partial charge on any atom is -0.207 e. The van der Waals surface area contributed by atoms with Crippen molar-refractivity contribution < 1.29 is 8.42 Å². The van der Waals surface area contributed by atoms with Crippen LogP contribution in [0.3, 0.4) is 0 Å². The third kappa shape index (κ3) is 2.85. The average Bonchev–Trinajstić information content (AvgIpc) is 2.57. The highest BCUT2D eigenvalue weighted by Crippen LogP contribution is 2.29. The van der Waals surface area contributed by atoms with Crippen LogP contribution in [-0.4, -0.2) is 25.8 Å². The van der Waals surface area contributed by atoms with Gasteiger partial charge >= 0.3 is 0 Å². The molecule has 114 valence electrons. The molecule has 0 spiro atoms. The summed E-state index contributed by atoms with van der Waals surface area (Å²) in [6.07, 6.45) is 0.774. The molecule has 0 saturated heterocycles. The Morgan fingerprint density at radius 3 is 2.14 bits per heavy atom. The van der Waals surface area contributed by atoms with Crippen LogP contribution in [0.4, 0.5) is 0 Å². The molecule has 0 saturated carbocycles. The van der Waals surface area contributed by atoms with Gasteiger partial charge in [0.15, 0.2) is 0 Å². The minimum absolute atomic E-state index is 0.363. The lowest BCUT2D eigenvalue weighted by molar-refractivity contribution is 0.437. The lowest BCUT2D eigenvalue weighted by Crippen LogP contribution is -2.36. The van der Waals surface area contributed by atoms with E-state index in [1.165, 1.54) is 5.57 Å². The first-order valence-electron chi connectivity index (χ1n) is 7.38. The lowest BCUT2D eigenvalue weighted by Gasteiger charge is -2.29. The topological polar surface area (TPSA) is 37.4 Å². The normalized spacial score (nSPS) is 16.8. The number of hydrogen-bond donors (Lipinski definition) is 0. The van der Waals surface area contributed by atoms with Crippen molar-refractivity contribution in [2.45, 2.75) is 18.2 Å². The Hall–Kier alpha value is -1.91. The molecule has 2 aromatic carbocycles. The highest BCUT2D eigenvalue weighted by atomic mass is 32.2. The van der Waals surface area contributed by atoms with Crippen molar-refractivity contribution in [3.63, 3.8) is 0 Å². The highest BCUT2D eigenvalue weighted by molar-refractivity contribution is 7.89. The van der Waals surface area contributed by atoms with Gasteiger partial charge in [0.2, 0.25) is 10.0 Å². The third-order valence-corrected chi connectivity index (χ3v) is 5.95. The molecule has 0 atom stereocenters. The quantitative estimate of drug-likeness (QED) is 0.869. The highest BCUT2D eigenvalue weighted by Gasteiger charge is 2.28. The van der Waals surface area contributed by atoms with Gasteiger partial charge in [0.25, 0.3) is 0 Å². The van der Waals surface area contributed by atoms with E-state index in [0.29, 0.717) is 18.0 Å². The van der Waals surface area contributed by atoms with Gasteiger partial charge in [-0.1, -0.05) is 54.1 Å². The van der Waals surface area contributed by atoms with Gasteiger partial charge in [-0.15, -0.1) is 0 Å². The molecule has 0 fully saturated rings. The Kier molecular flexibility index (Phi) is 4.14. The molecule has 2 aromatic rings. The van der Waals surface area contributed by atoms with E-state index < -0.39 is 10.0 Å². The van der Waals surface area contributed by atoms with Crippen LogP contribution in [0.1, 0.15) is 18.9 Å². The van der Waals surface area contributed by atoms with Crippen molar-refractivity contribution in [2.24, 2.45) is 0 Å². The number of hydrogen-bond acceptors (Lipinski definition) is 2. The third-order valence-electron chi connectivity index (χ3n) is 4.09. The first-order valence-corrected chi connectivity index (χ1v) is 8.82. The standard InChI is InChI=1S/C18H19NO2S/c1-15-12-13-19(14-18(15)16-8-4-2-5-9-16)22(20,21)17-10-6-3-7-11-17/h2-11H,12-14H2,1H3. The molecule has 0 aliphatic carbocycles. The minimum atomic E-state index is -3.43. The molecule has 4 heteroatoms. The molecule has 1 aliphatic heterocycles. The van der Waals surface area contributed by atoms with Gasteiger partial charge in [-0.2, -0.15) is 4.31 Å². The van der Waals surface area contributed by atoms with E-state index in [9.17, 15) is 8.42 Å². The molecule has 0 aromatic heterocycles. The fourth-order valence-corrected chi connectivity index (χ4v) is 4.19. The van der Waals surface area contributed by atoms with E-state index in [0.717, 1.165) is 17.6 Å². The number of nitrogens with zero attached hydrogens (tertiary/aromatic N) is 1. The second-order valence-corrected chi connectivity index (χ2v) is 7.46. The second kappa shape index (κ2) is 6.07. The van der Waals surface area contributed by atoms with Crippen molar-refractivity contribution in [3.8, 4) is 0 Å². The summed E-state index contributed by atoms with van der Waals surface area (Å²) >= 11 is 0. The van der Waals surface area contributed by atoms with Crippen molar-refractivity contribution in [3.05, 3.63) is 71.8 Å². The predicted octanol–water partition coefficient (Wildman–Crippen LogP) is 3.55. The summed E-state index contributed by atoms with van der Waals surface area (Å²) in [5.74, 6) is 0. The van der Waals surface area contributed by atoms with Crippen LogP contribution in [0.15, 0.2) is 71.1 Å². The molecule has 1 aliphatic rings. The lowest BCUT2D eigenvalue weighted by atomic mass is 9.96. The molecular formula is C18H19NO2S. The van der Waals surface area contributed by atoms with Crippen LogP contribution in [-0.2, 0) is 10.0 Å². The van der Waals surface area contributed by atoms with Crippen LogP contribution in [0.25, 0.3) is 5.57 Å². The first kappa shape index (κ1) is 15.0. The van der Waals surface area contributed by atoms with Crippen LogP contribution in [0, 0.1) is 0 Å². The van der Waals surface area contributed by atoms with Gasteiger partial charge < -0.3 is 0 Å². The summed E-state index contributed by atoms with van der Waals surface area (Å²) in [5, 5.41) is 0. The SMILES string of the molecule is CC1=C(c2ccccc2)CN(S(=O)(=O)c2ccccc2)CC1. The zero-order valence-corrected chi connectivity index (χ0v) is 13.4. The van der Waals surface area contributed by atoms with Crippen LogP contribution in [0.2, 0.25) is 0 Å². The smallest absolute Gasteiger partial charge is 0.207 e. The van der Waals surface area contributed by atoms with E-state index in [1.54, 1.807) is 28.6 Å². The van der Waals surface area contributed by atoms with Gasteiger partial charge in [0.1, 0.15) is 0 Å². The maximum absolute atomic E-state index is 12.8. The molecule has 1 heterocycles. The van der Waals surface area contributed by atoms with Crippen molar-refractivity contribution in [1.29, 1.82) is 0 Å². The van der Waals surface area contributed by atoms with Gasteiger partial charge in [-0.25, -0.2) is 8.42 Å². The predicted molar refractivity (Wildman–Crippen MR) is 88.9 cm³/mol. The Balaban J connectivity index is 1.93. The maximum Gasteiger partial charge on any atom is 0.243 e. The molecule has 0 bridgehead atoms. The summed E-state index contributed by atoms with van der Waals surface area (Å²) in [7, 11) is -3.43. The number of rotatable bonds is 3. The van der Waals surface area contributed by atoms with E-state index in [2.05, 4.69) is 6.92 Å². The number of benzene rings is 2. The zero-order chi connectivity index (χ0) is 15.6. The summed E-state index contributed by atoms with van der Waals surface area (Å²) in [6, 6.07) is 18.7. The van der Waals surface area contributed by atoms with Crippen molar-refractivity contribution >= 4 is 15.6 Å². The Morgan fingerprint density at radius 1 is 0.909 bits per heavy atom. The molecule has 3 nitrogen and oxygen atoms in total. The monoisotopic (exact) mass is 313 g/mol. The van der Waals surface area contributed by atoms with Crippen LogP contribution < -0.4 is 0 Å². The maximum atomic E-state index is 12.8. The summed E-state index contributed by atoms with van der Waals surface area (Å²) in [4.78, 5) is 0.363. The van der Waals surface area contributed by atoms with Crippen LogP contribution >= 0.6 is 0 Å². The molecular weight excluding hydrogens is 294 g/mol. The molecule has 0 amide bonds. The Bertz CT molecular complexity index is 780. The van der Waals surface area contributed by atoms with E-state index in [4.69, 9.17) is 0 Å². The van der Waals surface area contributed by atoms with Gasteiger partial charge in [-0.05, 0) is 36.6 Å². The fourth-order valence-electron chi connectivity index (χ4n) is 2.76. The summed E-state index contributed by atoms with van der Waals surface area (Å²) in [5.41, 5.74) is 3.49. The fraction of sp³-hybridized carbons (Fsp3) is 0.222. The molecule has 0 unspecified atom stereocenters. The van der Waals surface area contributed by atoms with Crippen molar-refractivity contribution in [2.75, 3.05) is 13.1 Å². The van der Waals surface area contributed by atoms with Crippen molar-refractivity contribution in [1.82, 2.24) is 4.31 Å². The van der Waals surface area contributed by atoms with Crippen LogP contribution in [0.5, 0.6) is 0 Å². The largest absolute Gasteiger partial charge is 0.243 e. The Morgan fingerprint density at radius 2 is 1.50 bits per heavy atom. The molecule has 0 radical (unpaired) electrons. The van der Waals surface area contributed by atoms with E-state index >= 15 is 0 Å². The Labute approximate surface area is 132 Å². The number of sulfonamides is 1. The van der Waals surface area contributed by atoms with Gasteiger partial charge in [0, 0.05) is 13.1 Å². The molecule has 3 rings (SSSR count). The summed E-state index contributed by atoms with van der Waals surface area (Å²) < 4.78 is 27.1. The first-order chi connectivity index (χ1) is 10.6. The van der Waals surface area contributed by atoms with E-state index in [-0.39, 0.29) is 0 Å². The zero-order valence-electron chi connectivity index (χ0n) is 12.6. The van der Waals surface area contributed by atoms with Gasteiger partial charge in [0.05, 0.1) is 4.90 Å². The second-order valence-electron chi connectivity index (χ2n) is 5.53. The molecule has 0 N–H and O–H groups in total. The summed E-state index contributed by atoms with van der Waals surface area (Å²) in [6.45, 7) is 3.07.